The van der Waals surface area contributed by atoms with Crippen LogP contribution in [0.1, 0.15) is 43.4 Å². The van der Waals surface area contributed by atoms with E-state index < -0.39 is 0 Å². The molecule has 2 aromatic rings. The van der Waals surface area contributed by atoms with Crippen molar-refractivity contribution in [2.75, 3.05) is 13.2 Å². The van der Waals surface area contributed by atoms with Gasteiger partial charge >= 0.3 is 0 Å². The van der Waals surface area contributed by atoms with Gasteiger partial charge in [0.25, 0.3) is 0 Å². The number of carbonyl (C=O) groups is 1. The van der Waals surface area contributed by atoms with Crippen molar-refractivity contribution in [3.8, 4) is 11.5 Å². The quantitative estimate of drug-likeness (QED) is 0.657. The van der Waals surface area contributed by atoms with Crippen LogP contribution < -0.4 is 14.8 Å². The summed E-state index contributed by atoms with van der Waals surface area (Å²) in [6.07, 6.45) is 2.92. The van der Waals surface area contributed by atoms with Crippen LogP contribution in [0.5, 0.6) is 11.5 Å². The van der Waals surface area contributed by atoms with Gasteiger partial charge in [-0.1, -0.05) is 31.2 Å². The maximum Gasteiger partial charge on any atom is 0.220 e. The predicted molar refractivity (Wildman–Crippen MR) is 106 cm³/mol. The van der Waals surface area contributed by atoms with Crippen LogP contribution in [0, 0.1) is 0 Å². The fourth-order valence-electron chi connectivity index (χ4n) is 3.05. The Morgan fingerprint density at radius 2 is 2.15 bits per heavy atom. The third kappa shape index (κ3) is 4.79. The number of amides is 1. The molecule has 5 heteroatoms. The first-order valence-electron chi connectivity index (χ1n) is 9.09. The third-order valence-corrected chi connectivity index (χ3v) is 5.12. The smallest absolute Gasteiger partial charge is 0.220 e. The molecule has 1 unspecified atom stereocenters. The molecule has 0 aromatic heterocycles. The molecule has 3 rings (SSSR count). The number of benzene rings is 2. The van der Waals surface area contributed by atoms with Gasteiger partial charge in [-0.05, 0) is 52.5 Å². The van der Waals surface area contributed by atoms with Crippen molar-refractivity contribution in [2.45, 2.75) is 38.6 Å². The molecule has 0 aliphatic carbocycles. The topological polar surface area (TPSA) is 47.6 Å². The van der Waals surface area contributed by atoms with Crippen LogP contribution in [-0.2, 0) is 11.2 Å². The van der Waals surface area contributed by atoms with Crippen molar-refractivity contribution in [3.05, 3.63) is 58.1 Å². The number of hydrogen-bond donors (Lipinski definition) is 1. The highest BCUT2D eigenvalue weighted by molar-refractivity contribution is 9.10. The summed E-state index contributed by atoms with van der Waals surface area (Å²) in [5, 5.41) is 3.12. The number of rotatable bonds is 7. The summed E-state index contributed by atoms with van der Waals surface area (Å²) in [4.78, 5) is 12.3. The number of carbonyl (C=O) groups excluding carboxylic acids is 1. The number of fused-ring (bicyclic) bond motifs is 1. The second-order valence-corrected chi connectivity index (χ2v) is 7.22. The first kappa shape index (κ1) is 18.8. The van der Waals surface area contributed by atoms with E-state index >= 15 is 0 Å². The van der Waals surface area contributed by atoms with Crippen LogP contribution in [-0.4, -0.2) is 19.1 Å². The van der Waals surface area contributed by atoms with Crippen LogP contribution in [0.25, 0.3) is 0 Å². The van der Waals surface area contributed by atoms with Gasteiger partial charge in [0.15, 0.2) is 0 Å². The largest absolute Gasteiger partial charge is 0.493 e. The molecular weight excluding hydrogens is 394 g/mol. The zero-order valence-corrected chi connectivity index (χ0v) is 16.6. The molecule has 2 aromatic carbocycles. The highest BCUT2D eigenvalue weighted by Gasteiger charge is 2.22. The number of halogens is 1. The van der Waals surface area contributed by atoms with Crippen molar-refractivity contribution in [2.24, 2.45) is 0 Å². The van der Waals surface area contributed by atoms with Gasteiger partial charge in [-0.25, -0.2) is 0 Å². The number of aryl methyl sites for hydroxylation is 1. The molecule has 4 nitrogen and oxygen atoms in total. The van der Waals surface area contributed by atoms with Gasteiger partial charge in [-0.3, -0.25) is 4.79 Å². The minimum atomic E-state index is 0.0316. The van der Waals surface area contributed by atoms with Crippen LogP contribution in [0.4, 0.5) is 0 Å². The summed E-state index contributed by atoms with van der Waals surface area (Å²) in [7, 11) is 0. The lowest BCUT2D eigenvalue weighted by molar-refractivity contribution is -0.122. The SMILES string of the molecule is CCc1ccc(OCCCC(=O)NC2CCOc3ccccc32)c(Br)c1. The van der Waals surface area contributed by atoms with E-state index in [0.717, 1.165) is 34.4 Å². The Bertz CT molecular complexity index is 763. The maximum atomic E-state index is 12.3. The van der Waals surface area contributed by atoms with Gasteiger partial charge in [0.05, 0.1) is 23.7 Å². The van der Waals surface area contributed by atoms with E-state index in [0.29, 0.717) is 26.1 Å². The Hall–Kier alpha value is -2.01. The summed E-state index contributed by atoms with van der Waals surface area (Å²) < 4.78 is 12.4. The lowest BCUT2D eigenvalue weighted by Crippen LogP contribution is -2.32. The average molecular weight is 418 g/mol. The normalized spacial score (nSPS) is 15.7. The Morgan fingerprint density at radius 3 is 2.96 bits per heavy atom. The van der Waals surface area contributed by atoms with E-state index in [1.807, 2.05) is 30.3 Å². The summed E-state index contributed by atoms with van der Waals surface area (Å²) in [6, 6.07) is 14.0. The van der Waals surface area contributed by atoms with Crippen molar-refractivity contribution in [3.63, 3.8) is 0 Å². The van der Waals surface area contributed by atoms with Crippen LogP contribution in [0.3, 0.4) is 0 Å². The van der Waals surface area contributed by atoms with Gasteiger partial charge in [-0.2, -0.15) is 0 Å². The molecule has 26 heavy (non-hydrogen) atoms. The summed E-state index contributed by atoms with van der Waals surface area (Å²) in [6.45, 7) is 3.27. The molecule has 1 atom stereocenters. The Kier molecular flexibility index (Phi) is 6.56. The van der Waals surface area contributed by atoms with Crippen molar-refractivity contribution in [1.82, 2.24) is 5.32 Å². The molecule has 1 aliphatic rings. The minimum Gasteiger partial charge on any atom is -0.493 e. The number of ether oxygens (including phenoxy) is 2. The number of nitrogens with one attached hydrogen (secondary N) is 1. The number of hydrogen-bond acceptors (Lipinski definition) is 3. The van der Waals surface area contributed by atoms with Gasteiger partial charge in [0.2, 0.25) is 5.91 Å². The lowest BCUT2D eigenvalue weighted by Gasteiger charge is -2.26. The third-order valence-electron chi connectivity index (χ3n) is 4.50. The summed E-state index contributed by atoms with van der Waals surface area (Å²) >= 11 is 3.53. The Labute approximate surface area is 163 Å². The van der Waals surface area contributed by atoms with E-state index in [4.69, 9.17) is 9.47 Å². The van der Waals surface area contributed by atoms with E-state index in [-0.39, 0.29) is 11.9 Å². The zero-order chi connectivity index (χ0) is 18.4. The van der Waals surface area contributed by atoms with E-state index in [2.05, 4.69) is 40.3 Å². The van der Waals surface area contributed by atoms with Gasteiger partial charge in [0, 0.05) is 18.4 Å². The molecule has 0 radical (unpaired) electrons. The second-order valence-electron chi connectivity index (χ2n) is 6.37. The number of para-hydroxylation sites is 1. The molecular formula is C21H24BrNO3. The molecule has 1 heterocycles. The summed E-state index contributed by atoms with van der Waals surface area (Å²) in [5.41, 5.74) is 2.32. The monoisotopic (exact) mass is 417 g/mol. The van der Waals surface area contributed by atoms with Crippen molar-refractivity contribution in [1.29, 1.82) is 0 Å². The lowest BCUT2D eigenvalue weighted by atomic mass is 10.0. The fourth-order valence-corrected chi connectivity index (χ4v) is 3.60. The van der Waals surface area contributed by atoms with Gasteiger partial charge in [-0.15, -0.1) is 0 Å². The van der Waals surface area contributed by atoms with Gasteiger partial charge < -0.3 is 14.8 Å². The molecule has 0 bridgehead atoms. The van der Waals surface area contributed by atoms with Gasteiger partial charge in [0.1, 0.15) is 11.5 Å². The first-order valence-corrected chi connectivity index (χ1v) is 9.89. The second kappa shape index (κ2) is 9.08. The average Bonchev–Trinajstić information content (AvgIpc) is 2.66. The maximum absolute atomic E-state index is 12.3. The highest BCUT2D eigenvalue weighted by atomic mass is 79.9. The molecule has 0 saturated carbocycles. The highest BCUT2D eigenvalue weighted by Crippen LogP contribution is 2.31. The van der Waals surface area contributed by atoms with Crippen LogP contribution in [0.2, 0.25) is 0 Å². The van der Waals surface area contributed by atoms with E-state index in [1.165, 1.54) is 5.56 Å². The Balaban J connectivity index is 1.44. The van der Waals surface area contributed by atoms with Crippen LogP contribution >= 0.6 is 15.9 Å². The zero-order valence-electron chi connectivity index (χ0n) is 15.0. The summed E-state index contributed by atoms with van der Waals surface area (Å²) in [5.74, 6) is 1.74. The predicted octanol–water partition coefficient (Wildman–Crippen LogP) is 4.81. The fraction of sp³-hybridized carbons (Fsp3) is 0.381. The molecule has 0 fully saturated rings. The molecule has 0 saturated heterocycles. The van der Waals surface area contributed by atoms with E-state index in [1.54, 1.807) is 0 Å². The molecule has 1 amide bonds. The van der Waals surface area contributed by atoms with E-state index in [9.17, 15) is 4.79 Å². The van der Waals surface area contributed by atoms with Crippen molar-refractivity contribution < 1.29 is 14.3 Å². The molecule has 0 spiro atoms. The van der Waals surface area contributed by atoms with Crippen molar-refractivity contribution >= 4 is 21.8 Å². The molecule has 1 N–H and O–H groups in total. The first-order chi connectivity index (χ1) is 12.7. The minimum absolute atomic E-state index is 0.0316. The van der Waals surface area contributed by atoms with Crippen LogP contribution in [0.15, 0.2) is 46.9 Å². The molecule has 138 valence electrons. The Morgan fingerprint density at radius 1 is 1.31 bits per heavy atom. The standard InChI is InChI=1S/C21H24BrNO3/c1-2-15-9-10-20(17(22)14-15)25-12-5-8-21(24)23-18-11-13-26-19-7-4-3-6-16(18)19/h3-4,6-7,9-10,14,18H,2,5,8,11-13H2,1H3,(H,23,24). The molecule has 1 aliphatic heterocycles.